The summed E-state index contributed by atoms with van der Waals surface area (Å²) in [4.78, 5) is 11.7. The molecule has 0 spiro atoms. The first-order chi connectivity index (χ1) is 10.4. The number of ether oxygens (including phenoxy) is 1. The van der Waals surface area contributed by atoms with Crippen molar-refractivity contribution in [1.29, 1.82) is 5.26 Å². The van der Waals surface area contributed by atoms with E-state index in [1.165, 1.54) is 30.3 Å². The Kier molecular flexibility index (Phi) is 5.18. The number of carbonyl (C=O) groups is 1. The second-order valence-corrected chi connectivity index (χ2v) is 8.38. The van der Waals surface area contributed by atoms with Crippen LogP contribution in [0.15, 0.2) is 44.4 Å². The number of benzene rings is 1. The van der Waals surface area contributed by atoms with E-state index in [2.05, 4.69) is 15.9 Å². The monoisotopic (exact) mass is 400 g/mol. The van der Waals surface area contributed by atoms with Crippen molar-refractivity contribution in [3.05, 3.63) is 45.7 Å². The smallest absolute Gasteiger partial charge is 0.273 e. The molecule has 6 nitrogen and oxygen atoms in total. The number of nitrogens with one attached hydrogen (secondary N) is 1. The van der Waals surface area contributed by atoms with E-state index in [4.69, 9.17) is 10.00 Å². The second kappa shape index (κ2) is 6.91. The average molecular weight is 401 g/mol. The second-order valence-electron chi connectivity index (χ2n) is 4.01. The molecule has 0 aliphatic heterocycles. The summed E-state index contributed by atoms with van der Waals surface area (Å²) in [7, 11) is -3.89. The molecule has 0 bridgehead atoms. The maximum absolute atomic E-state index is 11.9. The van der Waals surface area contributed by atoms with Crippen LogP contribution < -0.4 is 9.46 Å². The van der Waals surface area contributed by atoms with Gasteiger partial charge < -0.3 is 4.74 Å². The minimum atomic E-state index is -3.89. The summed E-state index contributed by atoms with van der Waals surface area (Å²) in [6, 6.07) is 11.0. The van der Waals surface area contributed by atoms with E-state index in [0.29, 0.717) is 15.1 Å². The molecule has 22 heavy (non-hydrogen) atoms. The zero-order valence-electron chi connectivity index (χ0n) is 10.9. The van der Waals surface area contributed by atoms with Gasteiger partial charge in [0.1, 0.15) is 9.96 Å². The molecule has 1 aromatic carbocycles. The van der Waals surface area contributed by atoms with E-state index in [-0.39, 0.29) is 4.21 Å². The number of carbonyl (C=O) groups excluding carboxylic acids is 1. The normalized spacial score (nSPS) is 10.7. The molecule has 2 rings (SSSR count). The molecule has 0 saturated carbocycles. The molecular formula is C13H9BrN2O4S2. The highest BCUT2D eigenvalue weighted by Gasteiger charge is 2.19. The molecule has 0 atom stereocenters. The van der Waals surface area contributed by atoms with Gasteiger partial charge in [0, 0.05) is 0 Å². The van der Waals surface area contributed by atoms with Gasteiger partial charge in [-0.25, -0.2) is 13.1 Å². The van der Waals surface area contributed by atoms with Gasteiger partial charge in [-0.15, -0.1) is 11.3 Å². The third kappa shape index (κ3) is 4.30. The summed E-state index contributed by atoms with van der Waals surface area (Å²) >= 11 is 4.16. The lowest BCUT2D eigenvalue weighted by Gasteiger charge is -2.07. The number of rotatable bonds is 5. The van der Waals surface area contributed by atoms with Crippen LogP contribution in [0.4, 0.5) is 0 Å². The van der Waals surface area contributed by atoms with Crippen LogP contribution in [0.25, 0.3) is 0 Å². The van der Waals surface area contributed by atoms with Crippen LogP contribution in [0.1, 0.15) is 5.56 Å². The number of halogens is 1. The molecule has 1 heterocycles. The summed E-state index contributed by atoms with van der Waals surface area (Å²) < 4.78 is 31.6. The van der Waals surface area contributed by atoms with Gasteiger partial charge in [-0.05, 0) is 52.3 Å². The number of thiophene rings is 1. The third-order valence-corrected chi connectivity index (χ3v) is 5.90. The van der Waals surface area contributed by atoms with E-state index in [1.54, 1.807) is 6.07 Å². The summed E-state index contributed by atoms with van der Waals surface area (Å²) in [6.45, 7) is -0.447. The van der Waals surface area contributed by atoms with Crippen molar-refractivity contribution in [2.24, 2.45) is 0 Å². The highest BCUT2D eigenvalue weighted by atomic mass is 79.9. The number of sulfonamides is 1. The zero-order valence-corrected chi connectivity index (χ0v) is 14.2. The predicted octanol–water partition coefficient (Wildman–Crippen LogP) is 2.27. The van der Waals surface area contributed by atoms with Crippen LogP contribution in [0.2, 0.25) is 0 Å². The molecule has 0 radical (unpaired) electrons. The SMILES string of the molecule is N#Cc1ccc(OCC(=O)NS(=O)(=O)c2ccc(Br)s2)cc1. The Balaban J connectivity index is 1.94. The molecule has 0 unspecified atom stereocenters. The molecule has 114 valence electrons. The standard InChI is InChI=1S/C13H9BrN2O4S2/c14-11-5-6-13(21-11)22(18,19)16-12(17)8-20-10-3-1-9(7-15)2-4-10/h1-6H,8H2,(H,16,17). The fraction of sp³-hybridized carbons (Fsp3) is 0.0769. The quantitative estimate of drug-likeness (QED) is 0.829. The molecule has 0 saturated heterocycles. The Bertz CT molecular complexity index is 822. The molecule has 1 aromatic heterocycles. The van der Waals surface area contributed by atoms with Crippen LogP contribution in [0.3, 0.4) is 0 Å². The summed E-state index contributed by atoms with van der Waals surface area (Å²) in [6.07, 6.45) is 0. The van der Waals surface area contributed by atoms with Crippen molar-refractivity contribution in [3.63, 3.8) is 0 Å². The van der Waals surface area contributed by atoms with Crippen molar-refractivity contribution in [3.8, 4) is 11.8 Å². The van der Waals surface area contributed by atoms with Crippen molar-refractivity contribution in [1.82, 2.24) is 4.72 Å². The van der Waals surface area contributed by atoms with E-state index in [9.17, 15) is 13.2 Å². The van der Waals surface area contributed by atoms with Crippen molar-refractivity contribution < 1.29 is 17.9 Å². The molecule has 0 aliphatic carbocycles. The van der Waals surface area contributed by atoms with Gasteiger partial charge in [-0.1, -0.05) is 0 Å². The lowest BCUT2D eigenvalue weighted by Crippen LogP contribution is -2.34. The Morgan fingerprint density at radius 2 is 1.95 bits per heavy atom. The van der Waals surface area contributed by atoms with Crippen LogP contribution in [0, 0.1) is 11.3 Å². The summed E-state index contributed by atoms with van der Waals surface area (Å²) in [5, 5.41) is 8.66. The number of nitrogens with zero attached hydrogens (tertiary/aromatic N) is 1. The van der Waals surface area contributed by atoms with E-state index < -0.39 is 22.5 Å². The number of hydrogen-bond acceptors (Lipinski definition) is 6. The largest absolute Gasteiger partial charge is 0.484 e. The van der Waals surface area contributed by atoms with Crippen LogP contribution >= 0.6 is 27.3 Å². The molecule has 9 heteroatoms. The first-order valence-electron chi connectivity index (χ1n) is 5.84. The number of nitriles is 1. The fourth-order valence-corrected chi connectivity index (χ4v) is 4.43. The Morgan fingerprint density at radius 1 is 1.27 bits per heavy atom. The van der Waals surface area contributed by atoms with Crippen LogP contribution in [-0.2, 0) is 14.8 Å². The maximum atomic E-state index is 11.9. The van der Waals surface area contributed by atoms with E-state index in [0.717, 1.165) is 11.3 Å². The van der Waals surface area contributed by atoms with Crippen molar-refractivity contribution in [2.45, 2.75) is 4.21 Å². The minimum Gasteiger partial charge on any atom is -0.484 e. The zero-order chi connectivity index (χ0) is 16.2. The molecule has 1 amide bonds. The van der Waals surface area contributed by atoms with Gasteiger partial charge in [0.2, 0.25) is 0 Å². The highest BCUT2D eigenvalue weighted by Crippen LogP contribution is 2.25. The topological polar surface area (TPSA) is 96.3 Å². The Morgan fingerprint density at radius 3 is 2.50 bits per heavy atom. The lowest BCUT2D eigenvalue weighted by atomic mass is 10.2. The molecule has 0 aliphatic rings. The van der Waals surface area contributed by atoms with Crippen LogP contribution in [0.5, 0.6) is 5.75 Å². The summed E-state index contributed by atoms with van der Waals surface area (Å²) in [5.41, 5.74) is 0.461. The number of amides is 1. The minimum absolute atomic E-state index is 0.0334. The Hall–Kier alpha value is -1.89. The average Bonchev–Trinajstić information content (AvgIpc) is 2.93. The fourth-order valence-electron chi connectivity index (χ4n) is 1.45. The van der Waals surface area contributed by atoms with Gasteiger partial charge in [-0.3, -0.25) is 4.79 Å². The van der Waals surface area contributed by atoms with Crippen LogP contribution in [-0.4, -0.2) is 20.9 Å². The van der Waals surface area contributed by atoms with Crippen molar-refractivity contribution >= 4 is 43.2 Å². The molecule has 2 aromatic rings. The maximum Gasteiger partial charge on any atom is 0.273 e. The lowest BCUT2D eigenvalue weighted by molar-refractivity contribution is -0.121. The van der Waals surface area contributed by atoms with Gasteiger partial charge in [0.25, 0.3) is 15.9 Å². The molecule has 1 N–H and O–H groups in total. The first kappa shape index (κ1) is 16.5. The number of hydrogen-bond donors (Lipinski definition) is 1. The van der Waals surface area contributed by atoms with E-state index in [1.807, 2.05) is 10.8 Å². The third-order valence-electron chi connectivity index (χ3n) is 2.41. The first-order valence-corrected chi connectivity index (χ1v) is 8.94. The highest BCUT2D eigenvalue weighted by molar-refractivity contribution is 9.11. The van der Waals surface area contributed by atoms with Gasteiger partial charge in [0.15, 0.2) is 6.61 Å². The van der Waals surface area contributed by atoms with Gasteiger partial charge in [0.05, 0.1) is 15.4 Å². The van der Waals surface area contributed by atoms with Gasteiger partial charge in [-0.2, -0.15) is 5.26 Å². The Labute approximate surface area is 139 Å². The van der Waals surface area contributed by atoms with E-state index >= 15 is 0 Å². The predicted molar refractivity (Wildman–Crippen MR) is 84.0 cm³/mol. The summed E-state index contributed by atoms with van der Waals surface area (Å²) in [5.74, 6) is -0.417. The molecule has 0 fully saturated rings. The van der Waals surface area contributed by atoms with Crippen molar-refractivity contribution in [2.75, 3.05) is 6.61 Å². The van der Waals surface area contributed by atoms with Gasteiger partial charge >= 0.3 is 0 Å². The molecular weight excluding hydrogens is 392 g/mol.